The van der Waals surface area contributed by atoms with E-state index >= 15 is 0 Å². The third kappa shape index (κ3) is 3.61. The first-order valence-electron chi connectivity index (χ1n) is 10.7. The molecule has 0 unspecified atom stereocenters. The van der Waals surface area contributed by atoms with Crippen LogP contribution in [0.3, 0.4) is 0 Å². The lowest BCUT2D eigenvalue weighted by molar-refractivity contribution is 0.0706. The number of hydrogen-bond acceptors (Lipinski definition) is 3. The highest BCUT2D eigenvalue weighted by Gasteiger charge is 2.34. The normalized spacial score (nSPS) is 18.8. The molecule has 2 amide bonds. The van der Waals surface area contributed by atoms with Gasteiger partial charge in [0.1, 0.15) is 0 Å². The van der Waals surface area contributed by atoms with E-state index in [2.05, 4.69) is 21.6 Å². The summed E-state index contributed by atoms with van der Waals surface area (Å²) >= 11 is 0. The van der Waals surface area contributed by atoms with Gasteiger partial charge in [-0.25, -0.2) is 0 Å². The Labute approximate surface area is 171 Å². The van der Waals surface area contributed by atoms with Crippen molar-refractivity contribution in [1.29, 1.82) is 0 Å². The van der Waals surface area contributed by atoms with Crippen molar-refractivity contribution < 1.29 is 9.59 Å². The van der Waals surface area contributed by atoms with Gasteiger partial charge >= 0.3 is 0 Å². The lowest BCUT2D eigenvalue weighted by atomic mass is 10.1. The molecule has 150 valence electrons. The molecule has 0 saturated heterocycles. The minimum atomic E-state index is -0.0118. The molecule has 29 heavy (non-hydrogen) atoms. The maximum atomic E-state index is 12.8. The Balaban J connectivity index is 1.35. The average molecular weight is 389 g/mol. The van der Waals surface area contributed by atoms with Crippen molar-refractivity contribution in [2.24, 2.45) is 0 Å². The third-order valence-corrected chi connectivity index (χ3v) is 6.39. The molecule has 5 rings (SSSR count). The summed E-state index contributed by atoms with van der Waals surface area (Å²) < 4.78 is 0. The van der Waals surface area contributed by atoms with Crippen LogP contribution in [0.1, 0.15) is 70.4 Å². The number of nitrogens with zero attached hydrogens (tertiary/aromatic N) is 1. The molecule has 2 aliphatic carbocycles. The van der Waals surface area contributed by atoms with Crippen molar-refractivity contribution in [3.05, 3.63) is 58.7 Å². The monoisotopic (exact) mass is 389 g/mol. The van der Waals surface area contributed by atoms with Crippen LogP contribution in [0.25, 0.3) is 0 Å². The van der Waals surface area contributed by atoms with Crippen LogP contribution >= 0.6 is 0 Å². The first-order chi connectivity index (χ1) is 14.1. The highest BCUT2D eigenvalue weighted by molar-refractivity contribution is 5.99. The third-order valence-electron chi connectivity index (χ3n) is 6.39. The summed E-state index contributed by atoms with van der Waals surface area (Å²) in [5.74, 6) is 0.163. The largest absolute Gasteiger partial charge is 0.355 e. The molecule has 2 aromatic rings. The zero-order valence-corrected chi connectivity index (χ0v) is 16.8. The summed E-state index contributed by atoms with van der Waals surface area (Å²) in [6.07, 6.45) is 6.85. The summed E-state index contributed by atoms with van der Waals surface area (Å²) in [4.78, 5) is 27.2. The van der Waals surface area contributed by atoms with Gasteiger partial charge in [0.15, 0.2) is 0 Å². The van der Waals surface area contributed by atoms with Crippen LogP contribution in [0.15, 0.2) is 36.4 Å². The van der Waals surface area contributed by atoms with Gasteiger partial charge in [-0.1, -0.05) is 18.9 Å². The molecule has 1 aliphatic heterocycles. The van der Waals surface area contributed by atoms with Crippen LogP contribution in [0, 0.1) is 6.92 Å². The van der Waals surface area contributed by atoms with E-state index in [1.807, 2.05) is 37.3 Å². The summed E-state index contributed by atoms with van der Waals surface area (Å²) in [6.45, 7) is 2.74. The summed E-state index contributed by atoms with van der Waals surface area (Å²) in [7, 11) is 0. The molecule has 2 saturated carbocycles. The number of aryl methyl sites for hydroxylation is 1. The number of benzene rings is 2. The van der Waals surface area contributed by atoms with Crippen LogP contribution in [0.2, 0.25) is 0 Å². The van der Waals surface area contributed by atoms with Crippen molar-refractivity contribution in [3.63, 3.8) is 0 Å². The molecule has 0 bridgehead atoms. The second-order valence-electron chi connectivity index (χ2n) is 8.65. The second-order valence-corrected chi connectivity index (χ2v) is 8.65. The molecule has 5 nitrogen and oxygen atoms in total. The van der Waals surface area contributed by atoms with E-state index in [-0.39, 0.29) is 11.8 Å². The molecule has 0 radical (unpaired) electrons. The fourth-order valence-electron chi connectivity index (χ4n) is 4.48. The minimum absolute atomic E-state index is 0.0118. The van der Waals surface area contributed by atoms with E-state index in [4.69, 9.17) is 0 Å². The van der Waals surface area contributed by atoms with Crippen molar-refractivity contribution in [3.8, 4) is 0 Å². The van der Waals surface area contributed by atoms with E-state index in [9.17, 15) is 9.59 Å². The maximum absolute atomic E-state index is 12.8. The molecule has 3 aliphatic rings. The highest BCUT2D eigenvalue weighted by Crippen LogP contribution is 2.33. The van der Waals surface area contributed by atoms with Gasteiger partial charge in [0.2, 0.25) is 0 Å². The molecule has 0 atom stereocenters. The Kier molecular flexibility index (Phi) is 4.53. The lowest BCUT2D eigenvalue weighted by Crippen LogP contribution is -2.33. The average Bonchev–Trinajstić information content (AvgIpc) is 3.24. The van der Waals surface area contributed by atoms with Gasteiger partial charge in [0.05, 0.1) is 0 Å². The van der Waals surface area contributed by atoms with Gasteiger partial charge < -0.3 is 15.5 Å². The number of hydrogen-bond donors (Lipinski definition) is 2. The van der Waals surface area contributed by atoms with Crippen LogP contribution < -0.4 is 10.6 Å². The molecule has 1 heterocycles. The van der Waals surface area contributed by atoms with Gasteiger partial charge in [0, 0.05) is 41.1 Å². The number of carbonyl (C=O) groups excluding carboxylic acids is 2. The standard InChI is InChI=1S/C24H27N3O2/c1-15-6-7-16(23(28)26-18-8-9-18)13-22(15)25-19-10-11-21-17(12-19)14-27(24(21)29)20-4-2-3-5-20/h6-7,10-13,18,20,25H,2-5,8-9,14H2,1H3,(H,26,28). The predicted octanol–water partition coefficient (Wildman–Crippen LogP) is 4.53. The molecule has 5 heteroatoms. The molecule has 0 aromatic heterocycles. The SMILES string of the molecule is Cc1ccc(C(=O)NC2CC2)cc1Nc1ccc2c(c1)CN(C1CCCC1)C2=O. The minimum Gasteiger partial charge on any atom is -0.355 e. The topological polar surface area (TPSA) is 61.4 Å². The molecular formula is C24H27N3O2. The predicted molar refractivity (Wildman–Crippen MR) is 114 cm³/mol. The Morgan fingerprint density at radius 3 is 2.59 bits per heavy atom. The number of fused-ring (bicyclic) bond motifs is 1. The number of rotatable bonds is 5. The second kappa shape index (κ2) is 7.21. The zero-order chi connectivity index (χ0) is 20.0. The van der Waals surface area contributed by atoms with E-state index in [0.29, 0.717) is 24.2 Å². The van der Waals surface area contributed by atoms with E-state index in [0.717, 1.165) is 53.7 Å². The van der Waals surface area contributed by atoms with Crippen molar-refractivity contribution in [2.45, 2.75) is 64.1 Å². The van der Waals surface area contributed by atoms with Crippen LogP contribution in [0.5, 0.6) is 0 Å². The number of anilines is 2. The van der Waals surface area contributed by atoms with E-state index in [1.165, 1.54) is 12.8 Å². The van der Waals surface area contributed by atoms with Crippen LogP contribution in [-0.2, 0) is 6.54 Å². The van der Waals surface area contributed by atoms with Crippen molar-refractivity contribution >= 4 is 23.2 Å². The molecule has 2 N–H and O–H groups in total. The highest BCUT2D eigenvalue weighted by atomic mass is 16.2. The van der Waals surface area contributed by atoms with E-state index < -0.39 is 0 Å². The van der Waals surface area contributed by atoms with Crippen LogP contribution in [0.4, 0.5) is 11.4 Å². The molecular weight excluding hydrogens is 362 g/mol. The van der Waals surface area contributed by atoms with E-state index in [1.54, 1.807) is 0 Å². The van der Waals surface area contributed by atoms with Gasteiger partial charge in [-0.05, 0) is 74.1 Å². The lowest BCUT2D eigenvalue weighted by Gasteiger charge is -2.23. The quantitative estimate of drug-likeness (QED) is 0.790. The molecule has 2 fully saturated rings. The van der Waals surface area contributed by atoms with Gasteiger partial charge in [-0.3, -0.25) is 9.59 Å². The van der Waals surface area contributed by atoms with Crippen molar-refractivity contribution in [2.75, 3.05) is 5.32 Å². The maximum Gasteiger partial charge on any atom is 0.254 e. The smallest absolute Gasteiger partial charge is 0.254 e. The Hall–Kier alpha value is -2.82. The fraction of sp³-hybridized carbons (Fsp3) is 0.417. The van der Waals surface area contributed by atoms with Gasteiger partial charge in [-0.2, -0.15) is 0 Å². The summed E-state index contributed by atoms with van der Waals surface area (Å²) in [5, 5.41) is 6.50. The number of carbonyl (C=O) groups is 2. The Morgan fingerprint density at radius 2 is 1.83 bits per heavy atom. The Bertz CT molecular complexity index is 974. The molecule has 0 spiro atoms. The van der Waals surface area contributed by atoms with Gasteiger partial charge in [0.25, 0.3) is 11.8 Å². The Morgan fingerprint density at radius 1 is 1.03 bits per heavy atom. The zero-order valence-electron chi connectivity index (χ0n) is 16.8. The fourth-order valence-corrected chi connectivity index (χ4v) is 4.48. The van der Waals surface area contributed by atoms with Crippen molar-refractivity contribution in [1.82, 2.24) is 10.2 Å². The summed E-state index contributed by atoms with van der Waals surface area (Å²) in [6, 6.07) is 12.5. The molecule has 2 aromatic carbocycles. The summed E-state index contributed by atoms with van der Waals surface area (Å²) in [5.41, 5.74) is 5.55. The number of amides is 2. The van der Waals surface area contributed by atoms with Crippen LogP contribution in [-0.4, -0.2) is 28.8 Å². The first-order valence-corrected chi connectivity index (χ1v) is 10.7. The van der Waals surface area contributed by atoms with Gasteiger partial charge in [-0.15, -0.1) is 0 Å². The number of nitrogens with one attached hydrogen (secondary N) is 2. The first kappa shape index (κ1) is 18.2.